The molecule has 64 valence electrons. The highest BCUT2D eigenvalue weighted by atomic mass is 35.5. The van der Waals surface area contributed by atoms with Crippen molar-refractivity contribution >= 4 is 23.3 Å². The van der Waals surface area contributed by atoms with Crippen molar-refractivity contribution in [3.8, 4) is 5.75 Å². The summed E-state index contributed by atoms with van der Waals surface area (Å²) in [5.74, 6) is 0.833. The van der Waals surface area contributed by atoms with E-state index >= 15 is 0 Å². The van der Waals surface area contributed by atoms with E-state index in [1.165, 1.54) is 0 Å². The van der Waals surface area contributed by atoms with Gasteiger partial charge in [0.05, 0.1) is 13.3 Å². The zero-order valence-corrected chi connectivity index (χ0v) is 7.39. The van der Waals surface area contributed by atoms with E-state index in [-0.39, 0.29) is 12.4 Å². The quantitative estimate of drug-likeness (QED) is 0.736. The molecule has 0 bridgehead atoms. The summed E-state index contributed by atoms with van der Waals surface area (Å²) in [4.78, 5) is 0. The molecule has 0 aliphatic heterocycles. The van der Waals surface area contributed by atoms with Crippen LogP contribution < -0.4 is 4.74 Å². The third kappa shape index (κ3) is 1.23. The minimum Gasteiger partial charge on any atom is -0.494 e. The number of rotatable bonds is 1. The monoisotopic (exact) mass is 184 g/mol. The van der Waals surface area contributed by atoms with Gasteiger partial charge in [0.15, 0.2) is 0 Å². The topological polar surface area (TPSA) is 37.9 Å². The fourth-order valence-corrected chi connectivity index (χ4v) is 1.11. The van der Waals surface area contributed by atoms with Crippen LogP contribution in [-0.2, 0) is 0 Å². The Morgan fingerprint density at radius 1 is 1.42 bits per heavy atom. The van der Waals surface area contributed by atoms with Crippen LogP contribution >= 0.6 is 12.4 Å². The molecule has 0 aliphatic carbocycles. The number of nitrogens with one attached hydrogen (secondary N) is 1. The molecule has 0 saturated heterocycles. The van der Waals surface area contributed by atoms with Gasteiger partial charge in [0, 0.05) is 5.39 Å². The number of aromatic nitrogens is 2. The first-order valence-electron chi connectivity index (χ1n) is 3.38. The number of fused-ring (bicyclic) bond motifs is 1. The second kappa shape index (κ2) is 3.45. The van der Waals surface area contributed by atoms with E-state index in [1.54, 1.807) is 13.3 Å². The molecule has 0 saturated carbocycles. The van der Waals surface area contributed by atoms with Crippen LogP contribution in [0.3, 0.4) is 0 Å². The summed E-state index contributed by atoms with van der Waals surface area (Å²) < 4.78 is 5.11. The fraction of sp³-hybridized carbons (Fsp3) is 0.125. The first-order valence-corrected chi connectivity index (χ1v) is 3.38. The second-order valence-electron chi connectivity index (χ2n) is 2.29. The number of aromatic amines is 1. The Bertz CT molecular complexity index is 372. The average Bonchev–Trinajstić information content (AvgIpc) is 2.50. The van der Waals surface area contributed by atoms with Gasteiger partial charge < -0.3 is 4.74 Å². The minimum absolute atomic E-state index is 0. The first kappa shape index (κ1) is 8.87. The van der Waals surface area contributed by atoms with Gasteiger partial charge in [-0.15, -0.1) is 12.4 Å². The van der Waals surface area contributed by atoms with Crippen molar-refractivity contribution in [1.82, 2.24) is 10.2 Å². The number of halogens is 1. The first-order chi connectivity index (χ1) is 5.42. The maximum atomic E-state index is 5.11. The predicted molar refractivity (Wildman–Crippen MR) is 49.9 cm³/mol. The Hall–Kier alpha value is -1.22. The van der Waals surface area contributed by atoms with Crippen LogP contribution in [0, 0.1) is 0 Å². The summed E-state index contributed by atoms with van der Waals surface area (Å²) in [6.07, 6.45) is 1.78. The van der Waals surface area contributed by atoms with Gasteiger partial charge in [-0.05, 0) is 6.07 Å². The number of hydrogen-bond acceptors (Lipinski definition) is 2. The van der Waals surface area contributed by atoms with Crippen LogP contribution in [0.2, 0.25) is 0 Å². The van der Waals surface area contributed by atoms with Gasteiger partial charge >= 0.3 is 0 Å². The molecule has 2 aromatic rings. The van der Waals surface area contributed by atoms with Gasteiger partial charge in [0.2, 0.25) is 0 Å². The number of H-pyrrole nitrogens is 1. The molecule has 0 atom stereocenters. The largest absolute Gasteiger partial charge is 0.494 e. The SMILES string of the molecule is COc1cccc2cn[nH]c12.Cl. The maximum Gasteiger partial charge on any atom is 0.144 e. The van der Waals surface area contributed by atoms with E-state index in [9.17, 15) is 0 Å². The number of methoxy groups -OCH3 is 1. The summed E-state index contributed by atoms with van der Waals surface area (Å²) in [5.41, 5.74) is 0.954. The molecule has 12 heavy (non-hydrogen) atoms. The fourth-order valence-electron chi connectivity index (χ4n) is 1.11. The summed E-state index contributed by atoms with van der Waals surface area (Å²) in [6, 6.07) is 5.83. The Morgan fingerprint density at radius 3 is 3.00 bits per heavy atom. The lowest BCUT2D eigenvalue weighted by Gasteiger charge is -1.98. The third-order valence-electron chi connectivity index (χ3n) is 1.66. The molecule has 1 N–H and O–H groups in total. The van der Waals surface area contributed by atoms with Gasteiger partial charge in [-0.25, -0.2) is 0 Å². The van der Waals surface area contributed by atoms with Crippen molar-refractivity contribution in [2.75, 3.05) is 7.11 Å². The molecule has 0 spiro atoms. The number of benzene rings is 1. The van der Waals surface area contributed by atoms with E-state index in [0.717, 1.165) is 16.7 Å². The van der Waals surface area contributed by atoms with E-state index in [2.05, 4.69) is 10.2 Å². The Morgan fingerprint density at radius 2 is 2.25 bits per heavy atom. The smallest absolute Gasteiger partial charge is 0.144 e. The summed E-state index contributed by atoms with van der Waals surface area (Å²) in [7, 11) is 1.65. The van der Waals surface area contributed by atoms with Crippen LogP contribution in [-0.4, -0.2) is 17.3 Å². The van der Waals surface area contributed by atoms with Crippen LogP contribution in [0.1, 0.15) is 0 Å². The van der Waals surface area contributed by atoms with Gasteiger partial charge in [-0.3, -0.25) is 5.10 Å². The standard InChI is InChI=1S/C8H8N2O.ClH/c1-11-7-4-2-3-6-5-9-10-8(6)7;/h2-5H,1H3,(H,9,10);1H. The molecule has 2 rings (SSSR count). The summed E-state index contributed by atoms with van der Waals surface area (Å²) in [5, 5.41) is 7.84. The molecule has 0 fully saturated rings. The highest BCUT2D eigenvalue weighted by Crippen LogP contribution is 2.21. The zero-order chi connectivity index (χ0) is 7.68. The molecular weight excluding hydrogens is 176 g/mol. The van der Waals surface area contributed by atoms with Crippen molar-refractivity contribution in [3.63, 3.8) is 0 Å². The highest BCUT2D eigenvalue weighted by Gasteiger charge is 1.99. The van der Waals surface area contributed by atoms with Crippen LogP contribution in [0.4, 0.5) is 0 Å². The zero-order valence-electron chi connectivity index (χ0n) is 6.57. The van der Waals surface area contributed by atoms with E-state index in [0.29, 0.717) is 0 Å². The minimum atomic E-state index is 0. The molecule has 4 heteroatoms. The van der Waals surface area contributed by atoms with Crippen LogP contribution in [0.15, 0.2) is 24.4 Å². The van der Waals surface area contributed by atoms with E-state index in [4.69, 9.17) is 4.74 Å². The predicted octanol–water partition coefficient (Wildman–Crippen LogP) is 1.99. The lowest BCUT2D eigenvalue weighted by Crippen LogP contribution is -1.82. The van der Waals surface area contributed by atoms with Gasteiger partial charge in [0.25, 0.3) is 0 Å². The average molecular weight is 185 g/mol. The molecule has 1 aromatic heterocycles. The molecule has 1 heterocycles. The third-order valence-corrected chi connectivity index (χ3v) is 1.66. The summed E-state index contributed by atoms with van der Waals surface area (Å²) >= 11 is 0. The molecule has 0 aliphatic rings. The molecule has 0 radical (unpaired) electrons. The molecule has 1 aromatic carbocycles. The molecule has 3 nitrogen and oxygen atoms in total. The number of nitrogens with zero attached hydrogens (tertiary/aromatic N) is 1. The van der Waals surface area contributed by atoms with Crippen molar-refractivity contribution < 1.29 is 4.74 Å². The van der Waals surface area contributed by atoms with Gasteiger partial charge in [-0.1, -0.05) is 12.1 Å². The number of hydrogen-bond donors (Lipinski definition) is 1. The van der Waals surface area contributed by atoms with Gasteiger partial charge in [0.1, 0.15) is 11.3 Å². The van der Waals surface area contributed by atoms with Crippen molar-refractivity contribution in [2.24, 2.45) is 0 Å². The lowest BCUT2D eigenvalue weighted by molar-refractivity contribution is 0.419. The van der Waals surface area contributed by atoms with Crippen molar-refractivity contribution in [3.05, 3.63) is 24.4 Å². The van der Waals surface area contributed by atoms with Crippen LogP contribution in [0.5, 0.6) is 5.75 Å². The maximum absolute atomic E-state index is 5.11. The Kier molecular flexibility index (Phi) is 2.55. The molecule has 0 amide bonds. The molecule has 0 unspecified atom stereocenters. The van der Waals surface area contributed by atoms with E-state index in [1.807, 2.05) is 18.2 Å². The lowest BCUT2D eigenvalue weighted by atomic mass is 10.2. The Balaban J connectivity index is 0.000000720. The molecular formula is C8H9ClN2O. The van der Waals surface area contributed by atoms with Gasteiger partial charge in [-0.2, -0.15) is 5.10 Å². The Labute approximate surface area is 76.1 Å². The highest BCUT2D eigenvalue weighted by molar-refractivity contribution is 5.85. The van der Waals surface area contributed by atoms with Crippen LogP contribution in [0.25, 0.3) is 10.9 Å². The van der Waals surface area contributed by atoms with Crippen molar-refractivity contribution in [1.29, 1.82) is 0 Å². The second-order valence-corrected chi connectivity index (χ2v) is 2.29. The normalized spacial score (nSPS) is 9.42. The van der Waals surface area contributed by atoms with E-state index < -0.39 is 0 Å². The number of ether oxygens (including phenoxy) is 1. The van der Waals surface area contributed by atoms with Crippen molar-refractivity contribution in [2.45, 2.75) is 0 Å². The number of para-hydroxylation sites is 1. The summed E-state index contributed by atoms with van der Waals surface area (Å²) in [6.45, 7) is 0.